The molecule has 0 bridgehead atoms. The van der Waals surface area contributed by atoms with Gasteiger partial charge in [-0.1, -0.05) is 133 Å². The normalized spacial score (nSPS) is 11.2. The van der Waals surface area contributed by atoms with Crippen molar-refractivity contribution in [1.82, 2.24) is 19.5 Å². The number of rotatable bonds is 8. The lowest BCUT2D eigenvalue weighted by atomic mass is 10.0. The van der Waals surface area contributed by atoms with Crippen molar-refractivity contribution in [2.24, 2.45) is 0 Å². The van der Waals surface area contributed by atoms with Gasteiger partial charge in [0, 0.05) is 50.2 Å². The molecule has 0 saturated heterocycles. The summed E-state index contributed by atoms with van der Waals surface area (Å²) in [6, 6.07) is 72.2. The van der Waals surface area contributed by atoms with Crippen LogP contribution in [0.4, 0.5) is 17.1 Å². The molecule has 10 aromatic rings. The fourth-order valence-electron chi connectivity index (χ4n) is 7.75. The lowest BCUT2D eigenvalue weighted by Gasteiger charge is -2.27. The van der Waals surface area contributed by atoms with Gasteiger partial charge in [0.15, 0.2) is 17.5 Å². The molecule has 57 heavy (non-hydrogen) atoms. The Kier molecular flexibility index (Phi) is 8.65. The molecule has 0 atom stereocenters. The van der Waals surface area contributed by atoms with Gasteiger partial charge in [-0.2, -0.15) is 0 Å². The van der Waals surface area contributed by atoms with Gasteiger partial charge in [0.1, 0.15) is 0 Å². The lowest BCUT2D eigenvalue weighted by molar-refractivity contribution is 1.07. The molecule has 0 aliphatic carbocycles. The molecule has 0 fully saturated rings. The first kappa shape index (κ1) is 33.9. The van der Waals surface area contributed by atoms with Gasteiger partial charge in [-0.25, -0.2) is 15.0 Å². The van der Waals surface area contributed by atoms with Gasteiger partial charge < -0.3 is 9.47 Å². The quantitative estimate of drug-likeness (QED) is 0.156. The van der Waals surface area contributed by atoms with E-state index in [4.69, 9.17) is 15.0 Å². The smallest absolute Gasteiger partial charge is 0.164 e. The molecule has 0 aliphatic heterocycles. The Balaban J connectivity index is 1.02. The molecule has 2 aromatic heterocycles. The molecular formula is C52H37N5. The molecular weight excluding hydrogens is 695 g/mol. The predicted octanol–water partition coefficient (Wildman–Crippen LogP) is 13.4. The van der Waals surface area contributed by atoms with Crippen molar-refractivity contribution in [1.29, 1.82) is 0 Å². The van der Waals surface area contributed by atoms with Gasteiger partial charge in [-0.15, -0.1) is 0 Å². The standard InChI is InChI=1S/C52H37N5/c1-36-15-11-13-23-47(36)56(44-32-27-40(28-33-44)52-54-50(38-16-5-2-6-17-38)53-51(55-52)39-18-7-3-8-19-39)43-30-25-37(26-31-43)41-29-34-49-46(35-41)45-22-12-14-24-48(45)57(49)42-20-9-4-10-21-42/h2-35H,1H3. The molecule has 0 aliphatic rings. The highest BCUT2D eigenvalue weighted by atomic mass is 15.1. The van der Waals surface area contributed by atoms with Crippen LogP contribution in [-0.2, 0) is 0 Å². The predicted molar refractivity (Wildman–Crippen MR) is 235 cm³/mol. The Labute approximate surface area is 331 Å². The summed E-state index contributed by atoms with van der Waals surface area (Å²) in [7, 11) is 0. The van der Waals surface area contributed by atoms with Crippen molar-refractivity contribution < 1.29 is 0 Å². The summed E-state index contributed by atoms with van der Waals surface area (Å²) in [6.07, 6.45) is 0. The number of hydrogen-bond acceptors (Lipinski definition) is 4. The van der Waals surface area contributed by atoms with Crippen LogP contribution in [0.2, 0.25) is 0 Å². The second kappa shape index (κ2) is 14.5. The molecule has 0 unspecified atom stereocenters. The molecule has 0 radical (unpaired) electrons. The second-order valence-corrected chi connectivity index (χ2v) is 14.2. The lowest BCUT2D eigenvalue weighted by Crippen LogP contribution is -2.11. The molecule has 5 nitrogen and oxygen atoms in total. The Bertz CT molecular complexity index is 2930. The Morgan fingerprint density at radius 1 is 0.368 bits per heavy atom. The van der Waals surface area contributed by atoms with Crippen LogP contribution in [-0.4, -0.2) is 19.5 Å². The first-order valence-electron chi connectivity index (χ1n) is 19.2. The largest absolute Gasteiger partial charge is 0.310 e. The molecule has 0 N–H and O–H groups in total. The van der Waals surface area contributed by atoms with Crippen LogP contribution < -0.4 is 4.90 Å². The zero-order valence-corrected chi connectivity index (χ0v) is 31.4. The van der Waals surface area contributed by atoms with Crippen LogP contribution in [0, 0.1) is 6.92 Å². The number of aromatic nitrogens is 4. The van der Waals surface area contributed by atoms with E-state index in [1.165, 1.54) is 32.9 Å². The van der Waals surface area contributed by atoms with E-state index in [0.717, 1.165) is 45.0 Å². The molecule has 2 heterocycles. The zero-order chi connectivity index (χ0) is 38.1. The number of para-hydroxylation sites is 3. The van der Waals surface area contributed by atoms with Crippen LogP contribution in [0.1, 0.15) is 5.56 Å². The van der Waals surface area contributed by atoms with E-state index in [1.807, 2.05) is 60.7 Å². The number of benzene rings is 8. The van der Waals surface area contributed by atoms with Gasteiger partial charge in [0.05, 0.1) is 11.0 Å². The highest BCUT2D eigenvalue weighted by Crippen LogP contribution is 2.39. The van der Waals surface area contributed by atoms with Crippen LogP contribution in [0.3, 0.4) is 0 Å². The van der Waals surface area contributed by atoms with E-state index in [0.29, 0.717) is 17.5 Å². The third kappa shape index (κ3) is 6.41. The summed E-state index contributed by atoms with van der Waals surface area (Å²) in [5.41, 5.74) is 13.1. The van der Waals surface area contributed by atoms with E-state index in [2.05, 4.69) is 162 Å². The van der Waals surface area contributed by atoms with Crippen LogP contribution >= 0.6 is 0 Å². The minimum atomic E-state index is 0.630. The van der Waals surface area contributed by atoms with Crippen molar-refractivity contribution in [3.05, 3.63) is 212 Å². The summed E-state index contributed by atoms with van der Waals surface area (Å²) in [6.45, 7) is 2.16. The third-order valence-corrected chi connectivity index (χ3v) is 10.6. The van der Waals surface area contributed by atoms with Crippen LogP contribution in [0.25, 0.3) is 72.8 Å². The third-order valence-electron chi connectivity index (χ3n) is 10.6. The summed E-state index contributed by atoms with van der Waals surface area (Å²) in [5, 5.41) is 2.48. The summed E-state index contributed by atoms with van der Waals surface area (Å²) < 4.78 is 2.36. The maximum absolute atomic E-state index is 4.96. The van der Waals surface area contributed by atoms with E-state index < -0.39 is 0 Å². The van der Waals surface area contributed by atoms with E-state index in [-0.39, 0.29) is 0 Å². The first-order valence-corrected chi connectivity index (χ1v) is 19.2. The van der Waals surface area contributed by atoms with Crippen molar-refractivity contribution in [2.75, 3.05) is 4.90 Å². The van der Waals surface area contributed by atoms with Crippen molar-refractivity contribution in [2.45, 2.75) is 6.92 Å². The second-order valence-electron chi connectivity index (χ2n) is 14.2. The maximum atomic E-state index is 4.96. The highest BCUT2D eigenvalue weighted by molar-refractivity contribution is 6.10. The SMILES string of the molecule is Cc1ccccc1N(c1ccc(-c2ccc3c(c2)c2ccccc2n3-c2ccccc2)cc1)c1ccc(-c2nc(-c3ccccc3)nc(-c3ccccc3)n2)cc1. The van der Waals surface area contributed by atoms with E-state index >= 15 is 0 Å². The van der Waals surface area contributed by atoms with Crippen molar-refractivity contribution in [3.8, 4) is 51.0 Å². The highest BCUT2D eigenvalue weighted by Gasteiger charge is 2.18. The van der Waals surface area contributed by atoms with Crippen LogP contribution in [0.15, 0.2) is 206 Å². The Morgan fingerprint density at radius 2 is 0.825 bits per heavy atom. The molecule has 10 rings (SSSR count). The average Bonchev–Trinajstić information content (AvgIpc) is 3.62. The van der Waals surface area contributed by atoms with Gasteiger partial charge in [0.2, 0.25) is 0 Å². The number of nitrogens with zero attached hydrogens (tertiary/aromatic N) is 5. The molecule has 0 saturated carbocycles. The van der Waals surface area contributed by atoms with Crippen molar-refractivity contribution in [3.63, 3.8) is 0 Å². The topological polar surface area (TPSA) is 46.8 Å². The fraction of sp³-hybridized carbons (Fsp3) is 0.0192. The summed E-state index contributed by atoms with van der Waals surface area (Å²) >= 11 is 0. The van der Waals surface area contributed by atoms with E-state index in [9.17, 15) is 0 Å². The van der Waals surface area contributed by atoms with E-state index in [1.54, 1.807) is 0 Å². The molecule has 0 amide bonds. The number of anilines is 3. The number of hydrogen-bond donors (Lipinski definition) is 0. The van der Waals surface area contributed by atoms with Gasteiger partial charge >= 0.3 is 0 Å². The first-order chi connectivity index (χ1) is 28.2. The average molecular weight is 732 g/mol. The fourth-order valence-corrected chi connectivity index (χ4v) is 7.75. The van der Waals surface area contributed by atoms with Crippen molar-refractivity contribution >= 4 is 38.9 Å². The Hall–Kier alpha value is -7.63. The molecule has 8 aromatic carbocycles. The van der Waals surface area contributed by atoms with Gasteiger partial charge in [0.25, 0.3) is 0 Å². The minimum absolute atomic E-state index is 0.630. The molecule has 5 heteroatoms. The number of fused-ring (bicyclic) bond motifs is 3. The maximum Gasteiger partial charge on any atom is 0.164 e. The molecule has 0 spiro atoms. The van der Waals surface area contributed by atoms with Gasteiger partial charge in [-0.3, -0.25) is 0 Å². The monoisotopic (exact) mass is 731 g/mol. The molecule has 270 valence electrons. The van der Waals surface area contributed by atoms with Gasteiger partial charge in [-0.05, 0) is 96.4 Å². The Morgan fingerprint density at radius 3 is 1.42 bits per heavy atom. The summed E-state index contributed by atoms with van der Waals surface area (Å²) in [4.78, 5) is 17.1. The summed E-state index contributed by atoms with van der Waals surface area (Å²) in [5.74, 6) is 1.92. The minimum Gasteiger partial charge on any atom is -0.310 e. The van der Waals surface area contributed by atoms with Crippen LogP contribution in [0.5, 0.6) is 0 Å². The number of aryl methyl sites for hydroxylation is 1. The zero-order valence-electron chi connectivity index (χ0n) is 31.4.